The lowest BCUT2D eigenvalue weighted by atomic mass is 10.4. The Morgan fingerprint density at radius 2 is 2.54 bits per heavy atom. The van der Waals surface area contributed by atoms with Crippen LogP contribution in [0.5, 0.6) is 0 Å². The molecule has 0 aliphatic carbocycles. The van der Waals surface area contributed by atoms with Gasteiger partial charge in [0, 0.05) is 6.54 Å². The van der Waals surface area contributed by atoms with Crippen LogP contribution in [-0.2, 0) is 22.0 Å². The lowest BCUT2D eigenvalue weighted by molar-refractivity contribution is -0.140. The summed E-state index contributed by atoms with van der Waals surface area (Å²) in [4.78, 5) is 10.8. The third kappa shape index (κ3) is 2.69. The van der Waals surface area contributed by atoms with Gasteiger partial charge < -0.3 is 9.30 Å². The third-order valence-electron chi connectivity index (χ3n) is 1.60. The molecule has 0 N–H and O–H groups in total. The number of aryl methyl sites for hydroxylation is 1. The van der Waals surface area contributed by atoms with Gasteiger partial charge >= 0.3 is 5.97 Å². The molecule has 0 aliphatic heterocycles. The number of ether oxygens (including phenoxy) is 1. The molecule has 1 aromatic rings. The van der Waals surface area contributed by atoms with E-state index in [1.807, 2.05) is 0 Å². The van der Waals surface area contributed by atoms with Gasteiger partial charge in [-0.3, -0.25) is 4.79 Å². The predicted octanol–water partition coefficient (Wildman–Crippen LogP) is 0.580. The second-order valence-electron chi connectivity index (χ2n) is 2.40. The Morgan fingerprint density at radius 1 is 1.77 bits per heavy atom. The number of esters is 1. The Hall–Kier alpha value is -1.10. The molecule has 0 radical (unpaired) electrons. The van der Waals surface area contributed by atoms with Gasteiger partial charge in [-0.25, -0.2) is 0 Å². The van der Waals surface area contributed by atoms with Crippen molar-refractivity contribution in [3.8, 4) is 0 Å². The summed E-state index contributed by atoms with van der Waals surface area (Å²) in [5.41, 5.74) is 0. The van der Waals surface area contributed by atoms with E-state index in [9.17, 15) is 4.79 Å². The van der Waals surface area contributed by atoms with Crippen molar-refractivity contribution >= 4 is 17.6 Å². The number of carbonyl (C=O) groups is 1. The number of hydrogen-bond donors (Lipinski definition) is 0. The van der Waals surface area contributed by atoms with Crippen LogP contribution in [0.3, 0.4) is 0 Å². The summed E-state index contributed by atoms with van der Waals surface area (Å²) in [6, 6.07) is 0. The molecule has 72 valence electrons. The molecule has 1 heterocycles. The van der Waals surface area contributed by atoms with Gasteiger partial charge in [0.2, 0.25) is 0 Å². The number of carbonyl (C=O) groups excluding carboxylic acids is 1. The molecular formula is C7H10ClN3O2. The Bertz CT molecular complexity index is 287. The highest BCUT2D eigenvalue weighted by atomic mass is 35.5. The summed E-state index contributed by atoms with van der Waals surface area (Å²) in [6.07, 6.45) is 1.85. The van der Waals surface area contributed by atoms with Gasteiger partial charge in [-0.1, -0.05) is 0 Å². The minimum atomic E-state index is -0.255. The van der Waals surface area contributed by atoms with Gasteiger partial charge in [-0.15, -0.1) is 21.8 Å². The molecular weight excluding hydrogens is 194 g/mol. The van der Waals surface area contributed by atoms with E-state index in [1.54, 1.807) is 10.9 Å². The average Bonchev–Trinajstić information content (AvgIpc) is 2.61. The molecule has 0 bridgehead atoms. The largest absolute Gasteiger partial charge is 0.469 e. The molecule has 6 heteroatoms. The van der Waals surface area contributed by atoms with E-state index in [2.05, 4.69) is 14.9 Å². The zero-order valence-electron chi connectivity index (χ0n) is 7.23. The smallest absolute Gasteiger partial charge is 0.307 e. The van der Waals surface area contributed by atoms with Crippen LogP contribution in [0, 0.1) is 0 Å². The summed E-state index contributed by atoms with van der Waals surface area (Å²) in [5.74, 6) is 0.695. The van der Waals surface area contributed by atoms with Gasteiger partial charge in [0.1, 0.15) is 12.2 Å². The van der Waals surface area contributed by atoms with Gasteiger partial charge in [0.25, 0.3) is 0 Å². The molecule has 1 aromatic heterocycles. The van der Waals surface area contributed by atoms with Crippen molar-refractivity contribution in [3.05, 3.63) is 12.2 Å². The number of methoxy groups -OCH3 is 1. The molecule has 0 unspecified atom stereocenters. The number of halogens is 1. The fraction of sp³-hybridized carbons (Fsp3) is 0.571. The molecule has 0 aromatic carbocycles. The minimum Gasteiger partial charge on any atom is -0.469 e. The first kappa shape index (κ1) is 9.98. The number of aromatic nitrogens is 3. The van der Waals surface area contributed by atoms with Crippen molar-refractivity contribution in [1.29, 1.82) is 0 Å². The predicted molar refractivity (Wildman–Crippen MR) is 46.2 cm³/mol. The highest BCUT2D eigenvalue weighted by Crippen LogP contribution is 2.01. The van der Waals surface area contributed by atoms with E-state index in [4.69, 9.17) is 11.6 Å². The zero-order chi connectivity index (χ0) is 9.68. The standard InChI is InChI=1S/C7H10ClN3O2/c1-13-7(12)2-3-11-5-9-10-6(11)4-8/h5H,2-4H2,1H3. The summed E-state index contributed by atoms with van der Waals surface area (Å²) in [6.45, 7) is 0.502. The van der Waals surface area contributed by atoms with Crippen LogP contribution in [0.2, 0.25) is 0 Å². The van der Waals surface area contributed by atoms with Crippen LogP contribution < -0.4 is 0 Å². The normalized spacial score (nSPS) is 10.0. The molecule has 0 aliphatic rings. The maximum Gasteiger partial charge on any atom is 0.307 e. The minimum absolute atomic E-state index is 0.255. The van der Waals surface area contributed by atoms with Crippen LogP contribution in [-0.4, -0.2) is 27.8 Å². The summed E-state index contributed by atoms with van der Waals surface area (Å²) in [5, 5.41) is 7.44. The van der Waals surface area contributed by atoms with Gasteiger partial charge in [-0.2, -0.15) is 0 Å². The van der Waals surface area contributed by atoms with E-state index in [0.717, 1.165) is 0 Å². The monoisotopic (exact) mass is 203 g/mol. The number of nitrogens with zero attached hydrogens (tertiary/aromatic N) is 3. The van der Waals surface area contributed by atoms with E-state index in [0.29, 0.717) is 24.7 Å². The molecule has 0 atom stereocenters. The molecule has 0 spiro atoms. The zero-order valence-corrected chi connectivity index (χ0v) is 7.99. The van der Waals surface area contributed by atoms with Gasteiger partial charge in [0.05, 0.1) is 19.4 Å². The summed E-state index contributed by atoms with van der Waals surface area (Å²) in [7, 11) is 1.36. The molecule has 1 rings (SSSR count). The fourth-order valence-corrected chi connectivity index (χ4v) is 1.09. The Labute approximate surface area is 80.7 Å². The van der Waals surface area contributed by atoms with E-state index in [-0.39, 0.29) is 5.97 Å². The second-order valence-corrected chi connectivity index (χ2v) is 2.67. The lowest BCUT2D eigenvalue weighted by Gasteiger charge is -2.02. The first-order valence-electron chi connectivity index (χ1n) is 3.77. The van der Waals surface area contributed by atoms with Crippen LogP contribution >= 0.6 is 11.6 Å². The van der Waals surface area contributed by atoms with E-state index in [1.165, 1.54) is 7.11 Å². The SMILES string of the molecule is COC(=O)CCn1cnnc1CCl. The topological polar surface area (TPSA) is 57.0 Å². The van der Waals surface area contributed by atoms with Crippen molar-refractivity contribution in [2.75, 3.05) is 7.11 Å². The maximum absolute atomic E-state index is 10.8. The first-order valence-corrected chi connectivity index (χ1v) is 4.31. The van der Waals surface area contributed by atoms with Crippen LogP contribution in [0.4, 0.5) is 0 Å². The second kappa shape index (κ2) is 4.81. The fourth-order valence-electron chi connectivity index (χ4n) is 0.883. The van der Waals surface area contributed by atoms with E-state index >= 15 is 0 Å². The van der Waals surface area contributed by atoms with E-state index < -0.39 is 0 Å². The first-order chi connectivity index (χ1) is 6.27. The Balaban J connectivity index is 2.49. The highest BCUT2D eigenvalue weighted by molar-refractivity contribution is 6.16. The van der Waals surface area contributed by atoms with Crippen molar-refractivity contribution < 1.29 is 9.53 Å². The molecule has 5 nitrogen and oxygen atoms in total. The van der Waals surface area contributed by atoms with Crippen molar-refractivity contribution in [1.82, 2.24) is 14.8 Å². The Morgan fingerprint density at radius 3 is 3.15 bits per heavy atom. The number of hydrogen-bond acceptors (Lipinski definition) is 4. The molecule has 0 saturated heterocycles. The molecule has 0 amide bonds. The Kier molecular flexibility index (Phi) is 3.70. The quantitative estimate of drug-likeness (QED) is 0.531. The molecule has 13 heavy (non-hydrogen) atoms. The lowest BCUT2D eigenvalue weighted by Crippen LogP contribution is -2.08. The summed E-state index contributed by atoms with van der Waals surface area (Å²) < 4.78 is 6.22. The summed E-state index contributed by atoms with van der Waals surface area (Å²) >= 11 is 5.58. The van der Waals surface area contributed by atoms with Crippen molar-refractivity contribution in [2.24, 2.45) is 0 Å². The maximum atomic E-state index is 10.8. The van der Waals surface area contributed by atoms with Crippen LogP contribution in [0.1, 0.15) is 12.2 Å². The van der Waals surface area contributed by atoms with Gasteiger partial charge in [0.15, 0.2) is 0 Å². The number of alkyl halides is 1. The molecule has 0 saturated carbocycles. The van der Waals surface area contributed by atoms with Crippen LogP contribution in [0.25, 0.3) is 0 Å². The highest BCUT2D eigenvalue weighted by Gasteiger charge is 2.05. The average molecular weight is 204 g/mol. The van der Waals surface area contributed by atoms with Crippen molar-refractivity contribution in [2.45, 2.75) is 18.8 Å². The molecule has 0 fully saturated rings. The van der Waals surface area contributed by atoms with Crippen molar-refractivity contribution in [3.63, 3.8) is 0 Å². The van der Waals surface area contributed by atoms with Crippen LogP contribution in [0.15, 0.2) is 6.33 Å². The third-order valence-corrected chi connectivity index (χ3v) is 1.84. The van der Waals surface area contributed by atoms with Gasteiger partial charge in [-0.05, 0) is 0 Å². The number of rotatable bonds is 4.